The second-order valence-electron chi connectivity index (χ2n) is 6.33. The summed E-state index contributed by atoms with van der Waals surface area (Å²) in [6.07, 6.45) is 1.60. The van der Waals surface area contributed by atoms with Crippen molar-refractivity contribution in [3.8, 4) is 11.3 Å². The third kappa shape index (κ3) is 3.29. The van der Waals surface area contributed by atoms with Crippen LogP contribution in [0.3, 0.4) is 0 Å². The van der Waals surface area contributed by atoms with Gasteiger partial charge in [0.05, 0.1) is 16.2 Å². The van der Waals surface area contributed by atoms with Gasteiger partial charge in [-0.2, -0.15) is 5.10 Å². The maximum absolute atomic E-state index is 12.4. The van der Waals surface area contributed by atoms with Gasteiger partial charge in [0.2, 0.25) is 0 Å². The van der Waals surface area contributed by atoms with Crippen molar-refractivity contribution in [2.75, 3.05) is 5.32 Å². The molecule has 0 bridgehead atoms. The summed E-state index contributed by atoms with van der Waals surface area (Å²) >= 11 is 6.27. The van der Waals surface area contributed by atoms with Crippen LogP contribution in [-0.4, -0.2) is 20.7 Å². The number of carbonyl (C=O) groups is 1. The van der Waals surface area contributed by atoms with Crippen LogP contribution < -0.4 is 5.32 Å². The molecular weight excluding hydrogens is 360 g/mol. The first-order chi connectivity index (χ1) is 13.0. The summed E-state index contributed by atoms with van der Waals surface area (Å²) in [4.78, 5) is 17.1. The molecule has 4 aromatic rings. The number of nitrogens with zero attached hydrogens (tertiary/aromatic N) is 3. The lowest BCUT2D eigenvalue weighted by Gasteiger charge is -2.11. The smallest absolute Gasteiger partial charge is 0.273 e. The Labute approximate surface area is 161 Å². The number of benzene rings is 2. The number of aromatic nitrogens is 3. The highest BCUT2D eigenvalue weighted by molar-refractivity contribution is 6.35. The van der Waals surface area contributed by atoms with E-state index in [4.69, 9.17) is 16.6 Å². The van der Waals surface area contributed by atoms with Crippen LogP contribution >= 0.6 is 11.6 Å². The Bertz CT molecular complexity index is 1170. The Morgan fingerprint density at radius 1 is 1.11 bits per heavy atom. The van der Waals surface area contributed by atoms with E-state index in [9.17, 15) is 4.79 Å². The maximum Gasteiger partial charge on any atom is 0.273 e. The number of fused-ring (bicyclic) bond motifs is 1. The third-order valence-electron chi connectivity index (χ3n) is 4.49. The van der Waals surface area contributed by atoms with E-state index in [1.54, 1.807) is 24.0 Å². The maximum atomic E-state index is 12.4. The lowest BCUT2D eigenvalue weighted by Crippen LogP contribution is -2.16. The number of amides is 1. The molecule has 0 radical (unpaired) electrons. The van der Waals surface area contributed by atoms with Gasteiger partial charge < -0.3 is 5.32 Å². The van der Waals surface area contributed by atoms with Crippen molar-refractivity contribution >= 4 is 34.1 Å². The van der Waals surface area contributed by atoms with Gasteiger partial charge in [0.15, 0.2) is 0 Å². The topological polar surface area (TPSA) is 59.8 Å². The molecule has 0 saturated carbocycles. The molecule has 0 spiro atoms. The molecule has 6 heteroatoms. The van der Waals surface area contributed by atoms with Gasteiger partial charge in [-0.1, -0.05) is 35.9 Å². The van der Waals surface area contributed by atoms with Crippen molar-refractivity contribution in [2.24, 2.45) is 7.05 Å². The zero-order chi connectivity index (χ0) is 19.0. The summed E-state index contributed by atoms with van der Waals surface area (Å²) in [5.74, 6) is -0.193. The summed E-state index contributed by atoms with van der Waals surface area (Å²) in [6.45, 7) is 1.95. The van der Waals surface area contributed by atoms with Crippen molar-refractivity contribution in [3.63, 3.8) is 0 Å². The fourth-order valence-corrected chi connectivity index (χ4v) is 3.24. The molecule has 2 aromatic heterocycles. The molecule has 1 N–H and O–H groups in total. The molecule has 27 heavy (non-hydrogen) atoms. The van der Waals surface area contributed by atoms with Gasteiger partial charge in [-0.15, -0.1) is 0 Å². The highest BCUT2D eigenvalue weighted by Crippen LogP contribution is 2.28. The highest BCUT2D eigenvalue weighted by Gasteiger charge is 2.12. The first kappa shape index (κ1) is 17.2. The number of carbonyl (C=O) groups excluding carboxylic acids is 1. The number of rotatable bonds is 3. The molecule has 1 amide bonds. The monoisotopic (exact) mass is 376 g/mol. The molecule has 0 aliphatic carbocycles. The van der Waals surface area contributed by atoms with Crippen molar-refractivity contribution in [2.45, 2.75) is 6.92 Å². The Hall–Kier alpha value is -3.18. The molecule has 0 fully saturated rings. The zero-order valence-corrected chi connectivity index (χ0v) is 15.7. The SMILES string of the molecule is Cc1cc(-c2ccc3cccc(Cl)c3n2)ccc1NC(=O)c1ccnn1C. The van der Waals surface area contributed by atoms with Crippen molar-refractivity contribution < 1.29 is 4.79 Å². The molecule has 0 aliphatic heterocycles. The minimum atomic E-state index is -0.193. The minimum Gasteiger partial charge on any atom is -0.320 e. The van der Waals surface area contributed by atoms with E-state index in [0.717, 1.165) is 33.4 Å². The van der Waals surface area contributed by atoms with Crippen molar-refractivity contribution in [3.05, 3.63) is 77.1 Å². The molecule has 0 saturated heterocycles. The van der Waals surface area contributed by atoms with E-state index in [0.29, 0.717) is 10.7 Å². The largest absolute Gasteiger partial charge is 0.320 e. The van der Waals surface area contributed by atoms with Crippen molar-refractivity contribution in [1.29, 1.82) is 0 Å². The number of pyridine rings is 1. The average molecular weight is 377 g/mol. The molecule has 4 rings (SSSR count). The van der Waals surface area contributed by atoms with Crippen LogP contribution in [0.25, 0.3) is 22.2 Å². The van der Waals surface area contributed by atoms with Gasteiger partial charge in [-0.3, -0.25) is 9.48 Å². The second-order valence-corrected chi connectivity index (χ2v) is 6.74. The van der Waals surface area contributed by atoms with Crippen LogP contribution in [0, 0.1) is 6.92 Å². The van der Waals surface area contributed by atoms with E-state index in [1.165, 1.54) is 0 Å². The van der Waals surface area contributed by atoms with E-state index < -0.39 is 0 Å². The molecule has 0 atom stereocenters. The van der Waals surface area contributed by atoms with Gasteiger partial charge in [0.1, 0.15) is 5.69 Å². The predicted molar refractivity (Wildman–Crippen MR) is 108 cm³/mol. The fourth-order valence-electron chi connectivity index (χ4n) is 3.02. The fraction of sp³-hybridized carbons (Fsp3) is 0.0952. The number of anilines is 1. The van der Waals surface area contributed by atoms with Crippen LogP contribution in [0.4, 0.5) is 5.69 Å². The number of para-hydroxylation sites is 1. The number of nitrogens with one attached hydrogen (secondary N) is 1. The van der Waals surface area contributed by atoms with Gasteiger partial charge in [0.25, 0.3) is 5.91 Å². The third-order valence-corrected chi connectivity index (χ3v) is 4.80. The molecule has 0 aliphatic rings. The van der Waals surface area contributed by atoms with Crippen LogP contribution in [0.15, 0.2) is 60.8 Å². The van der Waals surface area contributed by atoms with Crippen LogP contribution in [-0.2, 0) is 7.05 Å². The Morgan fingerprint density at radius 3 is 2.70 bits per heavy atom. The lowest BCUT2D eigenvalue weighted by atomic mass is 10.1. The Balaban J connectivity index is 1.65. The Kier molecular flexibility index (Phi) is 4.38. The number of aryl methyl sites for hydroxylation is 2. The lowest BCUT2D eigenvalue weighted by molar-refractivity contribution is 0.101. The molecule has 5 nitrogen and oxygen atoms in total. The summed E-state index contributed by atoms with van der Waals surface area (Å²) in [7, 11) is 1.74. The summed E-state index contributed by atoms with van der Waals surface area (Å²) in [5, 5.41) is 8.59. The van der Waals surface area contributed by atoms with Crippen LogP contribution in [0.1, 0.15) is 16.1 Å². The molecule has 0 unspecified atom stereocenters. The van der Waals surface area contributed by atoms with Gasteiger partial charge in [-0.25, -0.2) is 4.98 Å². The summed E-state index contributed by atoms with van der Waals surface area (Å²) in [6, 6.07) is 17.2. The number of hydrogen-bond donors (Lipinski definition) is 1. The normalized spacial score (nSPS) is 10.9. The van der Waals surface area contributed by atoms with Gasteiger partial charge >= 0.3 is 0 Å². The summed E-state index contributed by atoms with van der Waals surface area (Å²) < 4.78 is 1.54. The number of halogens is 1. The van der Waals surface area contributed by atoms with Gasteiger partial charge in [-0.05, 0) is 42.8 Å². The van der Waals surface area contributed by atoms with E-state index in [-0.39, 0.29) is 5.91 Å². The first-order valence-electron chi connectivity index (χ1n) is 8.48. The number of hydrogen-bond acceptors (Lipinski definition) is 3. The standard InChI is InChI=1S/C21H17ClN4O/c1-13-12-15(18-9-6-14-4-3-5-16(22)20(14)24-18)7-8-17(13)25-21(27)19-10-11-23-26(19)2/h3-12H,1-2H3,(H,25,27). The van der Waals surface area contributed by atoms with Gasteiger partial charge in [0, 0.05) is 29.9 Å². The highest BCUT2D eigenvalue weighted by atomic mass is 35.5. The second kappa shape index (κ2) is 6.85. The molecule has 2 aromatic carbocycles. The first-order valence-corrected chi connectivity index (χ1v) is 8.86. The van der Waals surface area contributed by atoms with E-state index in [1.807, 2.05) is 55.5 Å². The zero-order valence-electron chi connectivity index (χ0n) is 14.9. The molecule has 2 heterocycles. The van der Waals surface area contributed by atoms with Crippen molar-refractivity contribution in [1.82, 2.24) is 14.8 Å². The Morgan fingerprint density at radius 2 is 1.96 bits per heavy atom. The molecular formula is C21H17ClN4O. The summed E-state index contributed by atoms with van der Waals surface area (Å²) in [5.41, 5.74) is 4.79. The molecule has 134 valence electrons. The minimum absolute atomic E-state index is 0.193. The van der Waals surface area contributed by atoms with E-state index in [2.05, 4.69) is 10.4 Å². The predicted octanol–water partition coefficient (Wildman–Crippen LogP) is 4.85. The van der Waals surface area contributed by atoms with E-state index >= 15 is 0 Å². The average Bonchev–Trinajstić information content (AvgIpc) is 3.09. The van der Waals surface area contributed by atoms with Crippen LogP contribution in [0.2, 0.25) is 5.02 Å². The van der Waals surface area contributed by atoms with Crippen LogP contribution in [0.5, 0.6) is 0 Å². The quantitative estimate of drug-likeness (QED) is 0.556.